The van der Waals surface area contributed by atoms with E-state index >= 15 is 0 Å². The number of carbonyl (C=O) groups is 1. The lowest BCUT2D eigenvalue weighted by atomic mass is 9.93. The monoisotopic (exact) mass is 298 g/mol. The van der Waals surface area contributed by atoms with E-state index in [1.807, 2.05) is 25.7 Å². The molecule has 0 aromatic rings. The van der Waals surface area contributed by atoms with Crippen LogP contribution in [0.3, 0.4) is 0 Å². The first-order valence-corrected chi connectivity index (χ1v) is 8.26. The van der Waals surface area contributed by atoms with Crippen LogP contribution in [0, 0.1) is 0 Å². The van der Waals surface area contributed by atoms with Crippen molar-refractivity contribution in [1.82, 2.24) is 10.2 Å². The van der Waals surface area contributed by atoms with E-state index in [4.69, 9.17) is 4.74 Å². The molecule has 0 aromatic heterocycles. The van der Waals surface area contributed by atoms with Gasteiger partial charge in [0.05, 0.1) is 6.10 Å². The standard InChI is InChI=1S/C16H30N2O3/c1-16(2,3)21-15(20)18-9-5-7-13(18)11-17-12-6-4-8-14(19)10-12/h12-14,17,19H,4-11H2,1-3H3. The van der Waals surface area contributed by atoms with E-state index in [1.165, 1.54) is 0 Å². The van der Waals surface area contributed by atoms with Crippen LogP contribution in [-0.2, 0) is 4.74 Å². The molecule has 1 aliphatic carbocycles. The van der Waals surface area contributed by atoms with Crippen molar-refractivity contribution in [2.75, 3.05) is 13.1 Å². The van der Waals surface area contributed by atoms with E-state index in [9.17, 15) is 9.90 Å². The fraction of sp³-hybridized carbons (Fsp3) is 0.938. The van der Waals surface area contributed by atoms with Crippen molar-refractivity contribution in [3.05, 3.63) is 0 Å². The van der Waals surface area contributed by atoms with Crippen molar-refractivity contribution < 1.29 is 14.6 Å². The third kappa shape index (κ3) is 5.15. The number of ether oxygens (including phenoxy) is 1. The van der Waals surface area contributed by atoms with Crippen LogP contribution in [0.1, 0.15) is 59.3 Å². The summed E-state index contributed by atoms with van der Waals surface area (Å²) in [5.41, 5.74) is -0.439. The van der Waals surface area contributed by atoms with Gasteiger partial charge in [0.2, 0.25) is 0 Å². The Balaban J connectivity index is 1.80. The number of rotatable bonds is 3. The molecule has 122 valence electrons. The molecule has 1 amide bonds. The van der Waals surface area contributed by atoms with Gasteiger partial charge in [0.1, 0.15) is 5.60 Å². The fourth-order valence-corrected chi connectivity index (χ4v) is 3.26. The maximum Gasteiger partial charge on any atom is 0.410 e. The Hall–Kier alpha value is -0.810. The minimum atomic E-state index is -0.439. The number of aliphatic hydroxyl groups excluding tert-OH is 1. The van der Waals surface area contributed by atoms with Crippen molar-refractivity contribution in [1.29, 1.82) is 0 Å². The average Bonchev–Trinajstić information content (AvgIpc) is 2.83. The van der Waals surface area contributed by atoms with Crippen molar-refractivity contribution in [2.24, 2.45) is 0 Å². The molecule has 0 radical (unpaired) electrons. The highest BCUT2D eigenvalue weighted by Crippen LogP contribution is 2.22. The van der Waals surface area contributed by atoms with Crippen LogP contribution in [0.2, 0.25) is 0 Å². The van der Waals surface area contributed by atoms with E-state index in [2.05, 4.69) is 5.32 Å². The number of amides is 1. The van der Waals surface area contributed by atoms with Crippen LogP contribution in [0.5, 0.6) is 0 Å². The summed E-state index contributed by atoms with van der Waals surface area (Å²) in [5.74, 6) is 0. The SMILES string of the molecule is CC(C)(C)OC(=O)N1CCCC1CNC1CCCC(O)C1. The van der Waals surface area contributed by atoms with E-state index in [0.29, 0.717) is 6.04 Å². The lowest BCUT2D eigenvalue weighted by molar-refractivity contribution is 0.0220. The predicted molar refractivity (Wildman–Crippen MR) is 82.2 cm³/mol. The summed E-state index contributed by atoms with van der Waals surface area (Å²) in [6.45, 7) is 7.29. The quantitative estimate of drug-likeness (QED) is 0.839. The van der Waals surface area contributed by atoms with Crippen molar-refractivity contribution in [3.63, 3.8) is 0 Å². The second-order valence-electron chi connectivity index (χ2n) is 7.40. The number of nitrogens with zero attached hydrogens (tertiary/aromatic N) is 1. The van der Waals surface area contributed by atoms with E-state index in [0.717, 1.165) is 51.6 Å². The summed E-state index contributed by atoms with van der Waals surface area (Å²) in [5, 5.41) is 13.2. The Bertz CT molecular complexity index is 354. The van der Waals surface area contributed by atoms with Gasteiger partial charge in [0.15, 0.2) is 0 Å². The molecule has 5 nitrogen and oxygen atoms in total. The first-order chi connectivity index (χ1) is 9.85. The smallest absolute Gasteiger partial charge is 0.410 e. The van der Waals surface area contributed by atoms with Crippen LogP contribution < -0.4 is 5.32 Å². The zero-order valence-corrected chi connectivity index (χ0v) is 13.6. The molecule has 0 bridgehead atoms. The van der Waals surface area contributed by atoms with Crippen LogP contribution in [-0.4, -0.2) is 53.0 Å². The van der Waals surface area contributed by atoms with Crippen LogP contribution >= 0.6 is 0 Å². The molecule has 3 atom stereocenters. The Labute approximate surface area is 128 Å². The summed E-state index contributed by atoms with van der Waals surface area (Å²) >= 11 is 0. The van der Waals surface area contributed by atoms with Gasteiger partial charge in [-0.25, -0.2) is 4.79 Å². The molecule has 3 unspecified atom stereocenters. The van der Waals surface area contributed by atoms with Gasteiger partial charge in [-0.2, -0.15) is 0 Å². The molecule has 2 fully saturated rings. The first-order valence-electron chi connectivity index (χ1n) is 8.26. The van der Waals surface area contributed by atoms with Crippen LogP contribution in [0.25, 0.3) is 0 Å². The number of carbonyl (C=O) groups excluding carboxylic acids is 1. The summed E-state index contributed by atoms with van der Waals surface area (Å²) in [7, 11) is 0. The molecule has 1 heterocycles. The topological polar surface area (TPSA) is 61.8 Å². The highest BCUT2D eigenvalue weighted by molar-refractivity contribution is 5.69. The molecule has 1 aliphatic heterocycles. The number of hydrogen-bond donors (Lipinski definition) is 2. The van der Waals surface area contributed by atoms with Crippen LogP contribution in [0.4, 0.5) is 4.79 Å². The minimum Gasteiger partial charge on any atom is -0.444 e. The van der Waals surface area contributed by atoms with Gasteiger partial charge >= 0.3 is 6.09 Å². The van der Waals surface area contributed by atoms with Gasteiger partial charge in [-0.3, -0.25) is 0 Å². The van der Waals surface area contributed by atoms with E-state index in [-0.39, 0.29) is 18.2 Å². The van der Waals surface area contributed by atoms with Gasteiger partial charge < -0.3 is 20.1 Å². The number of likely N-dealkylation sites (tertiary alicyclic amines) is 1. The molecule has 1 saturated heterocycles. The fourth-order valence-electron chi connectivity index (χ4n) is 3.26. The van der Waals surface area contributed by atoms with Crippen molar-refractivity contribution in [2.45, 2.75) is 83.1 Å². The van der Waals surface area contributed by atoms with Gasteiger partial charge in [0, 0.05) is 25.2 Å². The van der Waals surface area contributed by atoms with Gasteiger partial charge in [-0.05, 0) is 59.3 Å². The molecule has 21 heavy (non-hydrogen) atoms. The summed E-state index contributed by atoms with van der Waals surface area (Å²) < 4.78 is 5.48. The van der Waals surface area contributed by atoms with Gasteiger partial charge in [0.25, 0.3) is 0 Å². The van der Waals surface area contributed by atoms with Crippen LogP contribution in [0.15, 0.2) is 0 Å². The van der Waals surface area contributed by atoms with Crippen molar-refractivity contribution >= 4 is 6.09 Å². The minimum absolute atomic E-state index is 0.165. The second-order valence-corrected chi connectivity index (χ2v) is 7.40. The van der Waals surface area contributed by atoms with Gasteiger partial charge in [-0.1, -0.05) is 0 Å². The molecule has 0 spiro atoms. The summed E-state index contributed by atoms with van der Waals surface area (Å²) in [4.78, 5) is 14.1. The largest absolute Gasteiger partial charge is 0.444 e. The lowest BCUT2D eigenvalue weighted by Gasteiger charge is -2.31. The molecule has 0 aromatic carbocycles. The Morgan fingerprint density at radius 2 is 2.05 bits per heavy atom. The lowest BCUT2D eigenvalue weighted by Crippen LogP contribution is -2.47. The molecule has 5 heteroatoms. The molecule has 2 aliphatic rings. The number of hydrogen-bond acceptors (Lipinski definition) is 4. The normalized spacial score (nSPS) is 30.5. The van der Waals surface area contributed by atoms with Crippen molar-refractivity contribution in [3.8, 4) is 0 Å². The number of nitrogens with one attached hydrogen (secondary N) is 1. The maximum absolute atomic E-state index is 12.2. The molecule has 2 rings (SSSR count). The molecular weight excluding hydrogens is 268 g/mol. The third-order valence-corrected chi connectivity index (χ3v) is 4.29. The molecule has 2 N–H and O–H groups in total. The second kappa shape index (κ2) is 6.97. The van der Waals surface area contributed by atoms with E-state index < -0.39 is 5.60 Å². The van der Waals surface area contributed by atoms with E-state index in [1.54, 1.807) is 0 Å². The molecule has 1 saturated carbocycles. The molecular formula is C16H30N2O3. The Morgan fingerprint density at radius 3 is 2.71 bits per heavy atom. The first kappa shape index (κ1) is 16.6. The zero-order valence-electron chi connectivity index (χ0n) is 13.6. The number of aliphatic hydroxyl groups is 1. The Morgan fingerprint density at radius 1 is 1.29 bits per heavy atom. The summed E-state index contributed by atoms with van der Waals surface area (Å²) in [6.07, 6.45) is 5.66. The third-order valence-electron chi connectivity index (χ3n) is 4.29. The zero-order chi connectivity index (χ0) is 15.5. The highest BCUT2D eigenvalue weighted by Gasteiger charge is 2.32. The average molecular weight is 298 g/mol. The summed E-state index contributed by atoms with van der Waals surface area (Å²) in [6, 6.07) is 0.605. The predicted octanol–water partition coefficient (Wildman–Crippen LogP) is 2.28. The Kier molecular flexibility index (Phi) is 5.49. The highest BCUT2D eigenvalue weighted by atomic mass is 16.6. The maximum atomic E-state index is 12.2. The van der Waals surface area contributed by atoms with Gasteiger partial charge in [-0.15, -0.1) is 0 Å².